The summed E-state index contributed by atoms with van der Waals surface area (Å²) in [7, 11) is 2.10. The number of hydrogen-bond acceptors (Lipinski definition) is 2. The van der Waals surface area contributed by atoms with Gasteiger partial charge in [0.05, 0.1) is 0 Å². The molecule has 1 saturated heterocycles. The van der Waals surface area contributed by atoms with Crippen molar-refractivity contribution in [2.75, 3.05) is 20.1 Å². The molecule has 0 N–H and O–H groups in total. The Hall–Kier alpha value is -0.890. The van der Waals surface area contributed by atoms with Crippen molar-refractivity contribution in [2.45, 2.75) is 19.8 Å². The van der Waals surface area contributed by atoms with E-state index < -0.39 is 0 Å². The van der Waals surface area contributed by atoms with E-state index in [4.69, 9.17) is 0 Å². The molecule has 1 aliphatic rings. The van der Waals surface area contributed by atoms with Gasteiger partial charge >= 0.3 is 0 Å². The van der Waals surface area contributed by atoms with Crippen molar-refractivity contribution in [3.63, 3.8) is 0 Å². The zero-order valence-corrected chi connectivity index (χ0v) is 9.12. The van der Waals surface area contributed by atoms with Crippen molar-refractivity contribution in [3.8, 4) is 0 Å². The summed E-state index contributed by atoms with van der Waals surface area (Å²) in [6.07, 6.45) is 5.63. The maximum atomic E-state index is 11.8. The lowest BCUT2D eigenvalue weighted by molar-refractivity contribution is -0.120. The summed E-state index contributed by atoms with van der Waals surface area (Å²) in [6.45, 7) is 7.75. The smallest absolute Gasteiger partial charge is 0.165 e. The van der Waals surface area contributed by atoms with Crippen LogP contribution in [0.15, 0.2) is 24.3 Å². The molecule has 0 aromatic rings. The number of carbonyl (C=O) groups is 1. The van der Waals surface area contributed by atoms with Crippen LogP contribution in [0.3, 0.4) is 0 Å². The van der Waals surface area contributed by atoms with Gasteiger partial charge in [-0.2, -0.15) is 0 Å². The lowest BCUT2D eigenvalue weighted by atomic mass is 9.89. The Labute approximate surface area is 86.3 Å². The van der Waals surface area contributed by atoms with E-state index >= 15 is 0 Å². The summed E-state index contributed by atoms with van der Waals surface area (Å²) in [4.78, 5) is 14.1. The first-order valence-corrected chi connectivity index (χ1v) is 5.19. The van der Waals surface area contributed by atoms with E-state index in [1.165, 1.54) is 0 Å². The van der Waals surface area contributed by atoms with Crippen LogP contribution in [0, 0.1) is 5.92 Å². The molecule has 0 aliphatic carbocycles. The van der Waals surface area contributed by atoms with Gasteiger partial charge in [0.25, 0.3) is 0 Å². The summed E-state index contributed by atoms with van der Waals surface area (Å²) in [5.74, 6) is 0.436. The van der Waals surface area contributed by atoms with E-state index in [0.717, 1.165) is 25.9 Å². The highest BCUT2D eigenvalue weighted by atomic mass is 16.1. The van der Waals surface area contributed by atoms with Crippen LogP contribution in [0.5, 0.6) is 0 Å². The van der Waals surface area contributed by atoms with Crippen molar-refractivity contribution >= 4 is 5.78 Å². The van der Waals surface area contributed by atoms with Gasteiger partial charge in [-0.05, 0) is 39.9 Å². The lowest BCUT2D eigenvalue weighted by Crippen LogP contribution is -2.33. The molecule has 0 aromatic heterocycles. The van der Waals surface area contributed by atoms with E-state index in [9.17, 15) is 4.79 Å². The second kappa shape index (κ2) is 5.11. The van der Waals surface area contributed by atoms with E-state index in [0.29, 0.717) is 5.57 Å². The van der Waals surface area contributed by atoms with Crippen molar-refractivity contribution in [1.82, 2.24) is 4.90 Å². The predicted octanol–water partition coefficient (Wildman–Crippen LogP) is 2.03. The summed E-state index contributed by atoms with van der Waals surface area (Å²) in [5, 5.41) is 0. The Morgan fingerprint density at radius 3 is 2.50 bits per heavy atom. The third kappa shape index (κ3) is 2.81. The molecule has 0 bridgehead atoms. The minimum atomic E-state index is 0.204. The van der Waals surface area contributed by atoms with Crippen LogP contribution in [0.2, 0.25) is 0 Å². The van der Waals surface area contributed by atoms with Crippen LogP contribution in [0.25, 0.3) is 0 Å². The van der Waals surface area contributed by atoms with Gasteiger partial charge in [0.2, 0.25) is 0 Å². The van der Waals surface area contributed by atoms with Crippen LogP contribution >= 0.6 is 0 Å². The normalized spacial score (nSPS) is 20.1. The van der Waals surface area contributed by atoms with Crippen LogP contribution < -0.4 is 0 Å². The van der Waals surface area contributed by atoms with Crippen LogP contribution in [0.4, 0.5) is 0 Å². The maximum absolute atomic E-state index is 11.8. The number of ketones is 1. The molecule has 0 radical (unpaired) electrons. The molecule has 1 fully saturated rings. The van der Waals surface area contributed by atoms with Gasteiger partial charge in [-0.1, -0.05) is 18.7 Å². The summed E-state index contributed by atoms with van der Waals surface area (Å²) in [5.41, 5.74) is 0.655. The first-order valence-electron chi connectivity index (χ1n) is 5.19. The van der Waals surface area contributed by atoms with Gasteiger partial charge in [-0.15, -0.1) is 0 Å². The summed E-state index contributed by atoms with van der Waals surface area (Å²) in [6, 6.07) is 0. The number of Topliss-reactive ketones (excluding diaryl/α,β-unsaturated/α-hetero) is 1. The van der Waals surface area contributed by atoms with Crippen molar-refractivity contribution in [1.29, 1.82) is 0 Å². The van der Waals surface area contributed by atoms with Crippen LogP contribution in [-0.4, -0.2) is 30.8 Å². The molecule has 78 valence electrons. The van der Waals surface area contributed by atoms with Gasteiger partial charge < -0.3 is 4.90 Å². The Balaban J connectivity index is 2.49. The molecule has 1 rings (SSSR count). The number of rotatable bonds is 3. The number of piperidine rings is 1. The number of likely N-dealkylation sites (tertiary alicyclic amines) is 1. The van der Waals surface area contributed by atoms with Crippen molar-refractivity contribution < 1.29 is 4.79 Å². The minimum Gasteiger partial charge on any atom is -0.306 e. The SMILES string of the molecule is C=C(/C=C\C)C(=O)C1CCN(C)CC1. The molecule has 2 nitrogen and oxygen atoms in total. The van der Waals surface area contributed by atoms with Gasteiger partial charge in [0.1, 0.15) is 0 Å². The molecule has 2 heteroatoms. The van der Waals surface area contributed by atoms with Gasteiger partial charge in [0.15, 0.2) is 5.78 Å². The number of carbonyl (C=O) groups excluding carboxylic acids is 1. The topological polar surface area (TPSA) is 20.3 Å². The minimum absolute atomic E-state index is 0.204. The molecule has 0 unspecified atom stereocenters. The zero-order chi connectivity index (χ0) is 10.6. The molecular weight excluding hydrogens is 174 g/mol. The van der Waals surface area contributed by atoms with E-state index in [1.807, 2.05) is 13.0 Å². The fourth-order valence-corrected chi connectivity index (χ4v) is 1.82. The van der Waals surface area contributed by atoms with E-state index in [-0.39, 0.29) is 11.7 Å². The average Bonchev–Trinajstić information content (AvgIpc) is 2.18. The fraction of sp³-hybridized carbons (Fsp3) is 0.583. The Morgan fingerprint density at radius 2 is 2.00 bits per heavy atom. The first kappa shape index (κ1) is 11.2. The van der Waals surface area contributed by atoms with E-state index in [2.05, 4.69) is 18.5 Å². The molecular formula is C12H19NO. The van der Waals surface area contributed by atoms with Gasteiger partial charge in [0, 0.05) is 11.5 Å². The summed E-state index contributed by atoms with van der Waals surface area (Å²) >= 11 is 0. The monoisotopic (exact) mass is 193 g/mol. The highest BCUT2D eigenvalue weighted by Crippen LogP contribution is 2.20. The van der Waals surface area contributed by atoms with Crippen LogP contribution in [0.1, 0.15) is 19.8 Å². The Kier molecular flexibility index (Phi) is 4.08. The Morgan fingerprint density at radius 1 is 1.43 bits per heavy atom. The predicted molar refractivity (Wildman–Crippen MR) is 59.2 cm³/mol. The standard InChI is InChI=1S/C12H19NO/c1-4-5-10(2)12(14)11-6-8-13(3)9-7-11/h4-5,11H,2,6-9H2,1,3H3/b5-4-. The maximum Gasteiger partial charge on any atom is 0.165 e. The largest absolute Gasteiger partial charge is 0.306 e. The third-order valence-corrected chi connectivity index (χ3v) is 2.77. The van der Waals surface area contributed by atoms with Crippen molar-refractivity contribution in [3.05, 3.63) is 24.3 Å². The quantitative estimate of drug-likeness (QED) is 0.505. The molecule has 0 aromatic carbocycles. The molecule has 14 heavy (non-hydrogen) atoms. The zero-order valence-electron chi connectivity index (χ0n) is 9.12. The summed E-state index contributed by atoms with van der Waals surface area (Å²) < 4.78 is 0. The van der Waals surface area contributed by atoms with E-state index in [1.54, 1.807) is 6.08 Å². The number of allylic oxidation sites excluding steroid dienone is 3. The Bertz CT molecular complexity index is 247. The molecule has 1 aliphatic heterocycles. The third-order valence-electron chi connectivity index (χ3n) is 2.77. The van der Waals surface area contributed by atoms with Gasteiger partial charge in [-0.25, -0.2) is 0 Å². The molecule has 1 heterocycles. The molecule has 0 spiro atoms. The highest BCUT2D eigenvalue weighted by molar-refractivity contribution is 5.99. The van der Waals surface area contributed by atoms with Crippen molar-refractivity contribution in [2.24, 2.45) is 5.92 Å². The molecule has 0 amide bonds. The number of hydrogen-bond donors (Lipinski definition) is 0. The first-order chi connectivity index (χ1) is 6.65. The highest BCUT2D eigenvalue weighted by Gasteiger charge is 2.23. The second-order valence-corrected chi connectivity index (χ2v) is 3.97. The van der Waals surface area contributed by atoms with Crippen LogP contribution in [-0.2, 0) is 4.79 Å². The fourth-order valence-electron chi connectivity index (χ4n) is 1.82. The molecule has 0 saturated carbocycles. The average molecular weight is 193 g/mol. The second-order valence-electron chi connectivity index (χ2n) is 3.97. The lowest BCUT2D eigenvalue weighted by Gasteiger charge is -2.28. The number of nitrogens with zero attached hydrogens (tertiary/aromatic N) is 1. The molecule has 0 atom stereocenters. The van der Waals surface area contributed by atoms with Gasteiger partial charge in [-0.3, -0.25) is 4.79 Å².